The fraction of sp³-hybridized carbons (Fsp3) is 1.00. The smallest absolute Gasteiger partial charge is 0.394 e. The molecule has 0 aliphatic heterocycles. The first kappa shape index (κ1) is 25.8. The Morgan fingerprint density at radius 2 is 1.35 bits per heavy atom. The van der Waals surface area contributed by atoms with E-state index in [4.69, 9.17) is 10.2 Å². The van der Waals surface area contributed by atoms with Crippen LogP contribution >= 0.6 is 0 Å². The van der Waals surface area contributed by atoms with Gasteiger partial charge in [-0.1, -0.05) is 64.7 Å². The molecule has 0 aromatic rings. The van der Waals surface area contributed by atoms with Crippen molar-refractivity contribution in [2.45, 2.75) is 77.2 Å². The molecule has 0 radical (unpaired) electrons. The van der Waals surface area contributed by atoms with E-state index in [1.165, 1.54) is 44.9 Å². The lowest BCUT2D eigenvalue weighted by Gasteiger charge is -2.08. The molecule has 2 N–H and O–H groups in total. The lowest BCUT2D eigenvalue weighted by molar-refractivity contribution is 0.0487. The van der Waals surface area contributed by atoms with Gasteiger partial charge in [-0.2, -0.15) is 8.42 Å². The number of hydrogen-bond donors (Lipinski definition) is 2. The monoisotopic (exact) mass is 366 g/mol. The molecule has 0 saturated heterocycles. The average Bonchev–Trinajstić information content (AvgIpc) is 2.50. The van der Waals surface area contributed by atoms with Crippen LogP contribution in [0.1, 0.15) is 71.1 Å². The van der Waals surface area contributed by atoms with Crippen LogP contribution in [0.5, 0.6) is 0 Å². The largest absolute Gasteiger partial charge is 0.399 e. The third-order valence-electron chi connectivity index (χ3n) is 3.34. The fourth-order valence-electron chi connectivity index (χ4n) is 2.00. The number of hydrogen-bond acceptors (Lipinski definition) is 6. The molecule has 0 bridgehead atoms. The molecule has 0 heterocycles. The Morgan fingerprint density at radius 3 is 1.83 bits per heavy atom. The molecule has 1 unspecified atom stereocenters. The molecule has 6 nitrogen and oxygen atoms in total. The number of rotatable bonds is 16. The molecule has 0 spiro atoms. The second-order valence-corrected chi connectivity index (χ2v) is 6.82. The van der Waals surface area contributed by atoms with Gasteiger partial charge in [-0.3, -0.25) is 0 Å². The minimum Gasteiger partial charge on any atom is -0.394 e. The van der Waals surface area contributed by atoms with Crippen LogP contribution in [0.25, 0.3) is 0 Å². The van der Waals surface area contributed by atoms with E-state index in [-0.39, 0.29) is 29.7 Å². The molecule has 0 fully saturated rings. The molecule has 0 aliphatic rings. The van der Waals surface area contributed by atoms with Crippen LogP contribution in [0, 0.1) is 0 Å². The van der Waals surface area contributed by atoms with Crippen LogP contribution in [0.15, 0.2) is 0 Å². The minimum absolute atomic E-state index is 0. The lowest BCUT2D eigenvalue weighted by Crippen LogP contribution is -2.23. The van der Waals surface area contributed by atoms with Crippen molar-refractivity contribution in [1.29, 1.82) is 0 Å². The van der Waals surface area contributed by atoms with Gasteiger partial charge in [-0.15, -0.1) is 0 Å². The Labute approximate surface area is 157 Å². The third-order valence-corrected chi connectivity index (χ3v) is 4.22. The molecule has 8 heteroatoms. The highest BCUT2D eigenvalue weighted by Crippen LogP contribution is 2.11. The molecule has 0 saturated carbocycles. The summed E-state index contributed by atoms with van der Waals surface area (Å²) >= 11 is 0. The molecule has 0 rings (SSSR count). The fourth-order valence-corrected chi connectivity index (χ4v) is 2.71. The van der Waals surface area contributed by atoms with Gasteiger partial charge in [0.2, 0.25) is 0 Å². The maximum absolute atomic E-state index is 11.3. The van der Waals surface area contributed by atoms with E-state index in [1.807, 2.05) is 0 Å². The summed E-state index contributed by atoms with van der Waals surface area (Å²) in [6.07, 6.45) is 10.4. The van der Waals surface area contributed by atoms with Crippen molar-refractivity contribution in [1.82, 2.24) is 0 Å². The van der Waals surface area contributed by atoms with Crippen molar-refractivity contribution < 1.29 is 27.0 Å². The van der Waals surface area contributed by atoms with Crippen LogP contribution in [0.2, 0.25) is 0 Å². The summed E-state index contributed by atoms with van der Waals surface area (Å²) in [4.78, 5) is 0. The van der Waals surface area contributed by atoms with E-state index in [2.05, 4.69) is 15.3 Å². The van der Waals surface area contributed by atoms with E-state index in [1.54, 1.807) is 0 Å². The molecule has 0 aromatic heterocycles. The first-order valence-electron chi connectivity index (χ1n) is 8.34. The van der Waals surface area contributed by atoms with Crippen LogP contribution < -0.4 is 0 Å². The topological polar surface area (TPSA) is 93.1 Å². The Kier molecular flexibility index (Phi) is 19.5. The summed E-state index contributed by atoms with van der Waals surface area (Å²) in [5, 5.41) is 17.5. The predicted octanol–water partition coefficient (Wildman–Crippen LogP) is 1.62. The summed E-state index contributed by atoms with van der Waals surface area (Å²) in [7, 11) is -4.07. The summed E-state index contributed by atoms with van der Waals surface area (Å²) in [6, 6.07) is 0. The van der Waals surface area contributed by atoms with Gasteiger partial charge >= 0.3 is 33.5 Å². The van der Waals surface area contributed by atoms with Gasteiger partial charge in [0, 0.05) is 0 Å². The lowest BCUT2D eigenvalue weighted by atomic mass is 10.1. The number of unbranched alkanes of at least 4 members (excludes halogenated alkanes) is 9. The van der Waals surface area contributed by atoms with Crippen molar-refractivity contribution in [2.24, 2.45) is 0 Å². The summed E-state index contributed by atoms with van der Waals surface area (Å²) in [5.74, 6) is 0. The predicted molar refractivity (Wildman–Crippen MR) is 94.3 cm³/mol. The van der Waals surface area contributed by atoms with E-state index in [9.17, 15) is 8.42 Å². The molecule has 0 amide bonds. The molecule has 0 aliphatic carbocycles. The van der Waals surface area contributed by atoms with Gasteiger partial charge in [-0.25, -0.2) is 8.37 Å². The van der Waals surface area contributed by atoms with E-state index < -0.39 is 29.7 Å². The molecular weight excluding hydrogens is 333 g/mol. The molecular formula is C15H34MgO6S. The Hall–Kier alpha value is 0.556. The molecule has 138 valence electrons. The third kappa shape index (κ3) is 18.7. The van der Waals surface area contributed by atoms with Crippen molar-refractivity contribution in [3.63, 3.8) is 0 Å². The first-order chi connectivity index (χ1) is 10.5. The van der Waals surface area contributed by atoms with Crippen LogP contribution in [-0.4, -0.2) is 67.6 Å². The normalized spacial score (nSPS) is 12.8. The summed E-state index contributed by atoms with van der Waals surface area (Å²) in [6.45, 7) is 1.26. The first-order valence-corrected chi connectivity index (χ1v) is 9.68. The highest BCUT2D eigenvalue weighted by Gasteiger charge is 2.14. The van der Waals surface area contributed by atoms with Gasteiger partial charge in [0.25, 0.3) is 0 Å². The number of aliphatic hydroxyl groups is 2. The molecule has 0 aromatic carbocycles. The van der Waals surface area contributed by atoms with Crippen LogP contribution in [0.3, 0.4) is 0 Å². The Morgan fingerprint density at radius 1 is 0.870 bits per heavy atom. The van der Waals surface area contributed by atoms with Crippen LogP contribution in [-0.2, 0) is 18.8 Å². The minimum atomic E-state index is -4.07. The number of aliphatic hydroxyl groups excluding tert-OH is 2. The van der Waals surface area contributed by atoms with E-state index in [0.717, 1.165) is 12.8 Å². The second-order valence-electron chi connectivity index (χ2n) is 5.53. The highest BCUT2D eigenvalue weighted by atomic mass is 32.3. The van der Waals surface area contributed by atoms with Gasteiger partial charge in [0.05, 0.1) is 19.8 Å². The van der Waals surface area contributed by atoms with Crippen molar-refractivity contribution in [2.75, 3.05) is 19.8 Å². The summed E-state index contributed by atoms with van der Waals surface area (Å²) < 4.78 is 31.6. The zero-order valence-corrected chi connectivity index (χ0v) is 14.5. The second kappa shape index (κ2) is 17.4. The average molecular weight is 367 g/mol. The van der Waals surface area contributed by atoms with Gasteiger partial charge < -0.3 is 10.2 Å². The maximum atomic E-state index is 11.3. The Bertz CT molecular complexity index is 337. The maximum Gasteiger partial charge on any atom is 0.399 e. The molecule has 23 heavy (non-hydrogen) atoms. The SMILES string of the molecule is CCCCCCCCCCCCOS(=O)(=O)OCC(O)CO.[MgH2]. The Balaban J connectivity index is 0. The zero-order valence-electron chi connectivity index (χ0n) is 13.7. The highest BCUT2D eigenvalue weighted by molar-refractivity contribution is 7.81. The van der Waals surface area contributed by atoms with Crippen molar-refractivity contribution in [3.8, 4) is 0 Å². The van der Waals surface area contributed by atoms with Crippen molar-refractivity contribution >= 4 is 33.5 Å². The van der Waals surface area contributed by atoms with Crippen LogP contribution in [0.4, 0.5) is 0 Å². The standard InChI is InChI=1S/C15H32O6S.Mg.2H/c1-2-3-4-5-6-7-8-9-10-11-12-20-22(18,19)21-14-15(17)13-16;;;/h15-17H,2-14H2,1H3;;;. The van der Waals surface area contributed by atoms with Gasteiger partial charge in [-0.05, 0) is 6.42 Å². The van der Waals surface area contributed by atoms with Gasteiger partial charge in [0.15, 0.2) is 0 Å². The zero-order chi connectivity index (χ0) is 16.7. The van der Waals surface area contributed by atoms with Gasteiger partial charge in [0.1, 0.15) is 6.10 Å². The molecule has 1 atom stereocenters. The quantitative estimate of drug-likeness (QED) is 0.318. The summed E-state index contributed by atoms with van der Waals surface area (Å²) in [5.41, 5.74) is 0. The van der Waals surface area contributed by atoms with E-state index >= 15 is 0 Å². The van der Waals surface area contributed by atoms with E-state index in [0.29, 0.717) is 6.42 Å². The van der Waals surface area contributed by atoms with Crippen molar-refractivity contribution in [3.05, 3.63) is 0 Å².